The summed E-state index contributed by atoms with van der Waals surface area (Å²) in [6.45, 7) is 4.23. The van der Waals surface area contributed by atoms with E-state index in [1.165, 1.54) is 18.2 Å². The quantitative estimate of drug-likeness (QED) is 0.643. The van der Waals surface area contributed by atoms with E-state index in [4.69, 9.17) is 0 Å². The van der Waals surface area contributed by atoms with Gasteiger partial charge in [0.25, 0.3) is 0 Å². The smallest absolute Gasteiger partial charge is 0.123 e. The van der Waals surface area contributed by atoms with Crippen molar-refractivity contribution in [2.75, 3.05) is 0 Å². The van der Waals surface area contributed by atoms with Crippen molar-refractivity contribution in [3.63, 3.8) is 0 Å². The second kappa shape index (κ2) is 3.32. The van der Waals surface area contributed by atoms with Crippen molar-refractivity contribution in [2.45, 2.75) is 31.6 Å². The SMILES string of the molecule is CC1(C)CC(C=C=O)c2cc(F)ccc21. The molecule has 0 bridgehead atoms. The van der Waals surface area contributed by atoms with Crippen LogP contribution in [0.4, 0.5) is 4.39 Å². The molecular weight excluding hydrogens is 191 g/mol. The van der Waals surface area contributed by atoms with Crippen molar-refractivity contribution in [1.29, 1.82) is 0 Å². The Balaban J connectivity index is 2.58. The van der Waals surface area contributed by atoms with Crippen LogP contribution in [0.25, 0.3) is 0 Å². The molecule has 1 aliphatic carbocycles. The van der Waals surface area contributed by atoms with Crippen LogP contribution in [0, 0.1) is 5.82 Å². The summed E-state index contributed by atoms with van der Waals surface area (Å²) in [6.07, 6.45) is 2.34. The Morgan fingerprint density at radius 2 is 2.27 bits per heavy atom. The third kappa shape index (κ3) is 1.62. The Bertz CT molecular complexity index is 442. The zero-order valence-corrected chi connectivity index (χ0v) is 8.88. The van der Waals surface area contributed by atoms with Crippen LogP contribution in [0.3, 0.4) is 0 Å². The minimum atomic E-state index is -0.240. The molecule has 0 aromatic heterocycles. The molecule has 0 N–H and O–H groups in total. The Morgan fingerprint density at radius 1 is 1.53 bits per heavy atom. The van der Waals surface area contributed by atoms with E-state index in [1.54, 1.807) is 0 Å². The van der Waals surface area contributed by atoms with Gasteiger partial charge in [0.1, 0.15) is 11.8 Å². The Labute approximate surface area is 88.6 Å². The van der Waals surface area contributed by atoms with Gasteiger partial charge in [0.2, 0.25) is 0 Å². The maximum absolute atomic E-state index is 13.1. The highest BCUT2D eigenvalue weighted by molar-refractivity contribution is 5.53. The summed E-state index contributed by atoms with van der Waals surface area (Å²) in [5.74, 6) is 1.59. The highest BCUT2D eigenvalue weighted by Crippen LogP contribution is 2.46. The average Bonchev–Trinajstić information content (AvgIpc) is 2.39. The van der Waals surface area contributed by atoms with Crippen LogP contribution < -0.4 is 0 Å². The van der Waals surface area contributed by atoms with E-state index in [0.717, 1.165) is 17.5 Å². The molecule has 0 saturated carbocycles. The molecule has 0 amide bonds. The fraction of sp³-hybridized carbons (Fsp3) is 0.385. The maximum atomic E-state index is 13.1. The Morgan fingerprint density at radius 3 is 2.93 bits per heavy atom. The van der Waals surface area contributed by atoms with Crippen LogP contribution >= 0.6 is 0 Å². The molecule has 1 atom stereocenters. The van der Waals surface area contributed by atoms with Crippen LogP contribution in [-0.4, -0.2) is 5.94 Å². The summed E-state index contributed by atoms with van der Waals surface area (Å²) in [5.41, 5.74) is 2.09. The predicted octanol–water partition coefficient (Wildman–Crippen LogP) is 2.98. The maximum Gasteiger partial charge on any atom is 0.123 e. The van der Waals surface area contributed by atoms with Crippen molar-refractivity contribution < 1.29 is 9.18 Å². The standard InChI is InChI=1S/C13H13FO/c1-13(2)8-9(5-6-15)11-7-10(14)3-4-12(11)13/h3-5,7,9H,8H2,1-2H3. The lowest BCUT2D eigenvalue weighted by molar-refractivity contribution is 0.503. The fourth-order valence-corrected chi connectivity index (χ4v) is 2.46. The average molecular weight is 204 g/mol. The molecule has 0 radical (unpaired) electrons. The topological polar surface area (TPSA) is 17.1 Å². The summed E-state index contributed by atoms with van der Waals surface area (Å²) in [6, 6.07) is 4.83. The molecule has 1 aromatic carbocycles. The molecule has 2 heteroatoms. The van der Waals surface area contributed by atoms with Gasteiger partial charge in [-0.1, -0.05) is 19.9 Å². The van der Waals surface area contributed by atoms with E-state index in [0.29, 0.717) is 0 Å². The number of hydrogen-bond donors (Lipinski definition) is 0. The first kappa shape index (κ1) is 10.1. The summed E-state index contributed by atoms with van der Waals surface area (Å²) >= 11 is 0. The Kier molecular flexibility index (Phi) is 2.24. The fourth-order valence-electron chi connectivity index (χ4n) is 2.46. The number of carbonyl (C=O) groups excluding carboxylic acids is 1. The molecule has 1 aromatic rings. The number of allylic oxidation sites excluding steroid dienone is 1. The van der Waals surface area contributed by atoms with Crippen molar-refractivity contribution in [3.05, 3.63) is 41.2 Å². The summed E-state index contributed by atoms with van der Waals surface area (Å²) in [4.78, 5) is 10.4. The third-order valence-corrected chi connectivity index (χ3v) is 3.14. The lowest BCUT2D eigenvalue weighted by atomic mass is 9.86. The van der Waals surface area contributed by atoms with Crippen molar-refractivity contribution in [3.8, 4) is 0 Å². The molecule has 78 valence electrons. The first-order valence-corrected chi connectivity index (χ1v) is 5.05. The zero-order chi connectivity index (χ0) is 11.1. The molecule has 0 saturated heterocycles. The molecular formula is C13H13FO. The van der Waals surface area contributed by atoms with Gasteiger partial charge in [-0.25, -0.2) is 9.18 Å². The number of fused-ring (bicyclic) bond motifs is 1. The second-order valence-corrected chi connectivity index (χ2v) is 4.71. The lowest BCUT2D eigenvalue weighted by Gasteiger charge is -2.18. The minimum Gasteiger partial charge on any atom is -0.234 e. The Hall–Kier alpha value is -1.40. The highest BCUT2D eigenvalue weighted by Gasteiger charge is 2.35. The number of benzene rings is 1. The summed E-state index contributed by atoms with van der Waals surface area (Å²) < 4.78 is 13.1. The first-order valence-electron chi connectivity index (χ1n) is 5.05. The van der Waals surface area contributed by atoms with Gasteiger partial charge in [0.15, 0.2) is 0 Å². The van der Waals surface area contributed by atoms with Gasteiger partial charge in [-0.2, -0.15) is 0 Å². The number of rotatable bonds is 1. The van der Waals surface area contributed by atoms with E-state index >= 15 is 0 Å². The molecule has 1 unspecified atom stereocenters. The highest BCUT2D eigenvalue weighted by atomic mass is 19.1. The first-order chi connectivity index (χ1) is 7.04. The van der Waals surface area contributed by atoms with Gasteiger partial charge < -0.3 is 0 Å². The third-order valence-electron chi connectivity index (χ3n) is 3.14. The van der Waals surface area contributed by atoms with E-state index in [1.807, 2.05) is 12.0 Å². The van der Waals surface area contributed by atoms with Crippen molar-refractivity contribution in [1.82, 2.24) is 0 Å². The van der Waals surface area contributed by atoms with E-state index in [9.17, 15) is 9.18 Å². The van der Waals surface area contributed by atoms with Gasteiger partial charge in [0, 0.05) is 12.0 Å². The van der Waals surface area contributed by atoms with Crippen LogP contribution in [0.15, 0.2) is 24.3 Å². The largest absolute Gasteiger partial charge is 0.234 e. The summed E-state index contributed by atoms with van der Waals surface area (Å²) in [5, 5.41) is 0. The molecule has 1 nitrogen and oxygen atoms in total. The minimum absolute atomic E-state index is 0.0149. The van der Waals surface area contributed by atoms with Gasteiger partial charge in [-0.05, 0) is 35.1 Å². The lowest BCUT2D eigenvalue weighted by Crippen LogP contribution is -2.11. The van der Waals surface area contributed by atoms with Crippen LogP contribution in [0.1, 0.15) is 37.3 Å². The molecule has 2 rings (SSSR count). The summed E-state index contributed by atoms with van der Waals surface area (Å²) in [7, 11) is 0. The van der Waals surface area contributed by atoms with E-state index < -0.39 is 0 Å². The molecule has 0 fully saturated rings. The molecule has 15 heavy (non-hydrogen) atoms. The zero-order valence-electron chi connectivity index (χ0n) is 8.88. The molecule has 0 heterocycles. The van der Waals surface area contributed by atoms with Crippen molar-refractivity contribution >= 4 is 5.94 Å². The van der Waals surface area contributed by atoms with Crippen LogP contribution in [-0.2, 0) is 10.2 Å². The molecule has 0 spiro atoms. The second-order valence-electron chi connectivity index (χ2n) is 4.71. The van der Waals surface area contributed by atoms with Crippen LogP contribution in [0.2, 0.25) is 0 Å². The van der Waals surface area contributed by atoms with E-state index in [-0.39, 0.29) is 17.2 Å². The van der Waals surface area contributed by atoms with Gasteiger partial charge in [-0.3, -0.25) is 0 Å². The normalized spacial score (nSPS) is 21.9. The monoisotopic (exact) mass is 204 g/mol. The van der Waals surface area contributed by atoms with E-state index in [2.05, 4.69) is 13.8 Å². The predicted molar refractivity (Wildman–Crippen MR) is 57.0 cm³/mol. The van der Waals surface area contributed by atoms with Gasteiger partial charge >= 0.3 is 0 Å². The van der Waals surface area contributed by atoms with Gasteiger partial charge in [-0.15, -0.1) is 0 Å². The number of halogens is 1. The number of hydrogen-bond acceptors (Lipinski definition) is 1. The van der Waals surface area contributed by atoms with Gasteiger partial charge in [0.05, 0.1) is 0 Å². The van der Waals surface area contributed by atoms with Crippen molar-refractivity contribution in [2.24, 2.45) is 0 Å². The molecule has 0 aliphatic heterocycles. The molecule has 1 aliphatic rings. The van der Waals surface area contributed by atoms with Crippen LogP contribution in [0.5, 0.6) is 0 Å².